The van der Waals surface area contributed by atoms with Crippen LogP contribution in [0, 0.1) is 5.82 Å². The van der Waals surface area contributed by atoms with E-state index >= 15 is 0 Å². The Morgan fingerprint density at radius 2 is 1.92 bits per heavy atom. The maximum absolute atomic E-state index is 13.6. The fourth-order valence-corrected chi connectivity index (χ4v) is 2.24. The fraction of sp³-hybridized carbons (Fsp3) is 0.158. The van der Waals surface area contributed by atoms with Crippen molar-refractivity contribution in [3.8, 4) is 0 Å². The average Bonchev–Trinajstić information content (AvgIpc) is 2.60. The van der Waals surface area contributed by atoms with E-state index < -0.39 is 23.8 Å². The molecule has 1 atom stereocenters. The molecule has 25 heavy (non-hydrogen) atoms. The van der Waals surface area contributed by atoms with Crippen molar-refractivity contribution < 1.29 is 18.7 Å². The summed E-state index contributed by atoms with van der Waals surface area (Å²) < 4.78 is 18.6. The van der Waals surface area contributed by atoms with E-state index in [1.807, 2.05) is 30.3 Å². The van der Waals surface area contributed by atoms with Crippen LogP contribution in [0.2, 0.25) is 5.02 Å². The molecule has 0 aliphatic rings. The smallest absolute Gasteiger partial charge is 0.331 e. The summed E-state index contributed by atoms with van der Waals surface area (Å²) in [5, 5.41) is 2.85. The number of halogens is 2. The topological polar surface area (TPSA) is 55.4 Å². The minimum Gasteiger partial charge on any atom is -0.449 e. The van der Waals surface area contributed by atoms with Crippen LogP contribution in [0.4, 0.5) is 4.39 Å². The third-order valence-corrected chi connectivity index (χ3v) is 3.69. The number of ether oxygens (including phenoxy) is 1. The largest absolute Gasteiger partial charge is 0.449 e. The molecule has 6 heteroatoms. The van der Waals surface area contributed by atoms with Crippen LogP contribution in [0.1, 0.15) is 18.1 Å². The second kappa shape index (κ2) is 8.99. The molecule has 0 radical (unpaired) electrons. The predicted molar refractivity (Wildman–Crippen MR) is 94.3 cm³/mol. The van der Waals surface area contributed by atoms with Crippen molar-refractivity contribution in [1.82, 2.24) is 5.32 Å². The molecule has 0 unspecified atom stereocenters. The Morgan fingerprint density at radius 3 is 2.60 bits per heavy atom. The van der Waals surface area contributed by atoms with E-state index in [1.54, 1.807) is 0 Å². The number of hydrogen-bond acceptors (Lipinski definition) is 3. The molecule has 0 saturated heterocycles. The first kappa shape index (κ1) is 18.7. The van der Waals surface area contributed by atoms with Gasteiger partial charge in [-0.05, 0) is 30.7 Å². The van der Waals surface area contributed by atoms with Crippen LogP contribution in [0.15, 0.2) is 54.6 Å². The lowest BCUT2D eigenvalue weighted by Crippen LogP contribution is -2.35. The quantitative estimate of drug-likeness (QED) is 0.630. The molecule has 0 bridgehead atoms. The summed E-state index contributed by atoms with van der Waals surface area (Å²) in [6.45, 7) is 1.80. The van der Waals surface area contributed by atoms with Crippen LogP contribution in [0.5, 0.6) is 0 Å². The minimum absolute atomic E-state index is 0.0855. The van der Waals surface area contributed by atoms with Crippen LogP contribution >= 0.6 is 11.6 Å². The van der Waals surface area contributed by atoms with Crippen molar-refractivity contribution in [1.29, 1.82) is 0 Å². The van der Waals surface area contributed by atoms with Gasteiger partial charge in [-0.3, -0.25) is 4.79 Å². The summed E-state index contributed by atoms with van der Waals surface area (Å²) in [7, 11) is 0. The standard InChI is InChI=1S/C19H17ClFNO3/c1-13(19(24)22-12-14-6-3-2-4-7-14)25-18(23)11-10-15-16(20)8-5-9-17(15)21/h2-11,13H,12H2,1H3,(H,22,24)/b11-10+/t13-/m0/s1. The highest BCUT2D eigenvalue weighted by atomic mass is 35.5. The SMILES string of the molecule is C[C@H](OC(=O)/C=C/c1c(F)cccc1Cl)C(=O)NCc1ccccc1. The Balaban J connectivity index is 1.87. The van der Waals surface area contributed by atoms with Gasteiger partial charge in [0, 0.05) is 18.2 Å². The van der Waals surface area contributed by atoms with Gasteiger partial charge in [-0.15, -0.1) is 0 Å². The number of amides is 1. The van der Waals surface area contributed by atoms with Crippen molar-refractivity contribution in [2.24, 2.45) is 0 Å². The normalized spacial score (nSPS) is 12.0. The molecular formula is C19H17ClFNO3. The second-order valence-corrected chi connectivity index (χ2v) is 5.66. The molecule has 2 aromatic rings. The molecule has 0 aromatic heterocycles. The maximum atomic E-state index is 13.6. The first-order valence-electron chi connectivity index (χ1n) is 7.61. The zero-order valence-corrected chi connectivity index (χ0v) is 14.3. The van der Waals surface area contributed by atoms with E-state index in [0.717, 1.165) is 11.6 Å². The van der Waals surface area contributed by atoms with E-state index in [9.17, 15) is 14.0 Å². The van der Waals surface area contributed by atoms with Gasteiger partial charge in [-0.2, -0.15) is 0 Å². The van der Waals surface area contributed by atoms with Crippen molar-refractivity contribution >= 4 is 29.6 Å². The van der Waals surface area contributed by atoms with Gasteiger partial charge in [-0.25, -0.2) is 9.18 Å². The van der Waals surface area contributed by atoms with Crippen LogP contribution in [-0.4, -0.2) is 18.0 Å². The fourth-order valence-electron chi connectivity index (χ4n) is 2.02. The molecule has 1 amide bonds. The number of esters is 1. The van der Waals surface area contributed by atoms with Gasteiger partial charge in [-0.1, -0.05) is 48.0 Å². The molecule has 4 nitrogen and oxygen atoms in total. The Bertz CT molecular complexity index is 757. The molecule has 2 aromatic carbocycles. The molecule has 2 rings (SSSR count). The average molecular weight is 362 g/mol. The highest BCUT2D eigenvalue weighted by Crippen LogP contribution is 2.20. The predicted octanol–water partition coefficient (Wildman–Crippen LogP) is 3.74. The molecule has 0 spiro atoms. The van der Waals surface area contributed by atoms with Crippen LogP contribution in [0.25, 0.3) is 6.08 Å². The summed E-state index contributed by atoms with van der Waals surface area (Å²) in [6, 6.07) is 13.6. The van der Waals surface area contributed by atoms with Crippen LogP contribution in [-0.2, 0) is 20.9 Å². The second-order valence-electron chi connectivity index (χ2n) is 5.25. The van der Waals surface area contributed by atoms with Crippen LogP contribution in [0.3, 0.4) is 0 Å². The van der Waals surface area contributed by atoms with E-state index in [1.165, 1.54) is 31.2 Å². The summed E-state index contributed by atoms with van der Waals surface area (Å²) in [5.41, 5.74) is 1.02. The van der Waals surface area contributed by atoms with E-state index in [0.29, 0.717) is 6.54 Å². The van der Waals surface area contributed by atoms with Gasteiger partial charge in [0.15, 0.2) is 6.10 Å². The minimum atomic E-state index is -0.975. The summed E-state index contributed by atoms with van der Waals surface area (Å²) in [5.74, 6) is -1.73. The van der Waals surface area contributed by atoms with Gasteiger partial charge < -0.3 is 10.1 Å². The summed E-state index contributed by atoms with van der Waals surface area (Å²) in [6.07, 6.45) is 1.27. The maximum Gasteiger partial charge on any atom is 0.331 e. The van der Waals surface area contributed by atoms with E-state index in [4.69, 9.17) is 16.3 Å². The van der Waals surface area contributed by atoms with Crippen molar-refractivity contribution in [3.63, 3.8) is 0 Å². The van der Waals surface area contributed by atoms with E-state index in [-0.39, 0.29) is 10.6 Å². The number of nitrogens with one attached hydrogen (secondary N) is 1. The number of carbonyl (C=O) groups is 2. The third kappa shape index (κ3) is 5.72. The summed E-state index contributed by atoms with van der Waals surface area (Å²) in [4.78, 5) is 23.7. The number of benzene rings is 2. The Hall–Kier alpha value is -2.66. The zero-order valence-electron chi connectivity index (χ0n) is 13.5. The Morgan fingerprint density at radius 1 is 1.20 bits per heavy atom. The molecule has 1 N–H and O–H groups in total. The number of hydrogen-bond donors (Lipinski definition) is 1. The zero-order chi connectivity index (χ0) is 18.2. The monoisotopic (exact) mass is 361 g/mol. The molecule has 0 aliphatic heterocycles. The van der Waals surface area contributed by atoms with Gasteiger partial charge in [0.05, 0.1) is 5.02 Å². The number of carbonyl (C=O) groups excluding carboxylic acids is 2. The first-order chi connectivity index (χ1) is 12.0. The summed E-state index contributed by atoms with van der Waals surface area (Å²) >= 11 is 5.86. The number of rotatable bonds is 6. The molecule has 0 aliphatic carbocycles. The van der Waals surface area contributed by atoms with Crippen LogP contribution < -0.4 is 5.32 Å². The lowest BCUT2D eigenvalue weighted by molar-refractivity contribution is -0.150. The Kier molecular flexibility index (Phi) is 6.71. The molecule has 0 fully saturated rings. The van der Waals surface area contributed by atoms with E-state index in [2.05, 4.69) is 5.32 Å². The van der Waals surface area contributed by atoms with Crippen molar-refractivity contribution in [2.75, 3.05) is 0 Å². The van der Waals surface area contributed by atoms with Gasteiger partial charge in [0.1, 0.15) is 5.82 Å². The lowest BCUT2D eigenvalue weighted by Gasteiger charge is -2.12. The Labute approximate surface area is 150 Å². The lowest BCUT2D eigenvalue weighted by atomic mass is 10.2. The third-order valence-electron chi connectivity index (χ3n) is 3.36. The first-order valence-corrected chi connectivity index (χ1v) is 7.99. The molecular weight excluding hydrogens is 345 g/mol. The van der Waals surface area contributed by atoms with Gasteiger partial charge in [0.2, 0.25) is 0 Å². The van der Waals surface area contributed by atoms with Crippen molar-refractivity contribution in [2.45, 2.75) is 19.6 Å². The van der Waals surface area contributed by atoms with Crippen molar-refractivity contribution in [3.05, 3.63) is 76.6 Å². The molecule has 0 heterocycles. The van der Waals surface area contributed by atoms with Gasteiger partial charge >= 0.3 is 5.97 Å². The molecule has 0 saturated carbocycles. The highest BCUT2D eigenvalue weighted by molar-refractivity contribution is 6.32. The highest BCUT2D eigenvalue weighted by Gasteiger charge is 2.16. The molecule has 130 valence electrons. The van der Waals surface area contributed by atoms with Gasteiger partial charge in [0.25, 0.3) is 5.91 Å².